The Balaban J connectivity index is 4.00. The molecule has 0 aliphatic carbocycles. The lowest BCUT2D eigenvalue weighted by atomic mass is 10.1. The Labute approximate surface area is 289 Å². The summed E-state index contributed by atoms with van der Waals surface area (Å²) < 4.78 is 26.6. The van der Waals surface area contributed by atoms with Crippen LogP contribution in [0.2, 0.25) is 0 Å². The second kappa shape index (κ2) is 32.2. The average Bonchev–Trinajstić information content (AvgIpc) is 3.05. The second-order valence-electron chi connectivity index (χ2n) is 12.4. The van der Waals surface area contributed by atoms with E-state index in [1.165, 1.54) is 38.5 Å². The molecule has 3 unspecified atom stereocenters. The molecular weight excluding hydrogens is 637 g/mol. The highest BCUT2D eigenvalue weighted by atomic mass is 31.2. The fourth-order valence-corrected chi connectivity index (χ4v) is 5.53. The van der Waals surface area contributed by atoms with Crippen LogP contribution in [0.3, 0.4) is 0 Å². The largest absolute Gasteiger partial charge is 0.480 e. The van der Waals surface area contributed by atoms with Gasteiger partial charge in [0.25, 0.3) is 0 Å². The van der Waals surface area contributed by atoms with E-state index < -0.39 is 57.6 Å². The van der Waals surface area contributed by atoms with E-state index in [0.717, 1.165) is 77.0 Å². The maximum absolute atomic E-state index is 12.2. The molecule has 0 aliphatic rings. The maximum Gasteiger partial charge on any atom is 0.472 e. The summed E-state index contributed by atoms with van der Waals surface area (Å²) in [7, 11) is -4.75. The van der Waals surface area contributed by atoms with Crippen molar-refractivity contribution in [3.05, 3.63) is 24.3 Å². The zero-order valence-electron chi connectivity index (χ0n) is 29.8. The lowest BCUT2D eigenvalue weighted by Crippen LogP contribution is -2.43. The summed E-state index contributed by atoms with van der Waals surface area (Å²) in [6, 6.07) is -1.55. The molecule has 0 bridgehead atoms. The van der Waals surface area contributed by atoms with Gasteiger partial charge in [0.05, 0.1) is 13.2 Å². The molecule has 4 N–H and O–H groups in total. The monoisotopic (exact) mass is 703 g/mol. The Morgan fingerprint density at radius 2 is 1.10 bits per heavy atom. The molecular formula is C36H66NO10P. The number of unbranched alkanes of at least 4 members (excludes halogenated alkanes) is 16. The summed E-state index contributed by atoms with van der Waals surface area (Å²) in [5.74, 6) is -2.40. The predicted octanol–water partition coefficient (Wildman–Crippen LogP) is 8.33. The third kappa shape index (κ3) is 31.2. The number of rotatable bonds is 34. The van der Waals surface area contributed by atoms with Crippen LogP contribution in [0.15, 0.2) is 24.3 Å². The van der Waals surface area contributed by atoms with Crippen molar-refractivity contribution in [1.29, 1.82) is 0 Å². The van der Waals surface area contributed by atoms with Gasteiger partial charge in [0, 0.05) is 12.8 Å². The van der Waals surface area contributed by atoms with E-state index in [-0.39, 0.29) is 12.8 Å². The molecule has 0 heterocycles. The number of allylic oxidation sites excluding steroid dienone is 4. The molecule has 0 saturated carbocycles. The van der Waals surface area contributed by atoms with Gasteiger partial charge < -0.3 is 25.2 Å². The number of ether oxygens (including phenoxy) is 1. The highest BCUT2D eigenvalue weighted by Crippen LogP contribution is 2.43. The van der Waals surface area contributed by atoms with Gasteiger partial charge in [-0.15, -0.1) is 0 Å². The zero-order valence-corrected chi connectivity index (χ0v) is 30.7. The smallest absolute Gasteiger partial charge is 0.472 e. The average molecular weight is 704 g/mol. The van der Waals surface area contributed by atoms with Gasteiger partial charge in [0.15, 0.2) is 6.04 Å². The number of hydrogen-bond donors (Lipinski definition) is 4. The zero-order chi connectivity index (χ0) is 35.7. The van der Waals surface area contributed by atoms with E-state index in [0.29, 0.717) is 12.8 Å². The predicted molar refractivity (Wildman–Crippen MR) is 189 cm³/mol. The first-order valence-corrected chi connectivity index (χ1v) is 19.9. The standard InChI is InChI=1S/C36H66NO10P/c1-3-5-7-9-11-13-15-16-18-20-22-24-26-28-35(40)45-29-32(38)30-46-48(43,44)47-31-33(36(41)42)37-34(39)27-25-23-21-19-17-14-12-10-8-6-4-2/h10,12-13,15,32-33,38H,3-9,11,14,16-31H2,1-2H3,(H,37,39)(H,41,42)(H,43,44)/b12-10-,15-13-. The van der Waals surface area contributed by atoms with Crippen molar-refractivity contribution in [2.75, 3.05) is 19.8 Å². The molecule has 280 valence electrons. The molecule has 0 aromatic heterocycles. The summed E-state index contributed by atoms with van der Waals surface area (Å²) in [4.78, 5) is 45.6. The van der Waals surface area contributed by atoms with Gasteiger partial charge in [-0.3, -0.25) is 18.6 Å². The molecule has 0 aromatic carbocycles. The number of phosphoric acid groups is 1. The fraction of sp³-hybridized carbons (Fsp3) is 0.806. The van der Waals surface area contributed by atoms with Gasteiger partial charge >= 0.3 is 19.8 Å². The maximum atomic E-state index is 12.2. The number of aliphatic hydroxyl groups is 1. The molecule has 0 aliphatic heterocycles. The van der Waals surface area contributed by atoms with E-state index in [4.69, 9.17) is 13.8 Å². The van der Waals surface area contributed by atoms with Gasteiger partial charge in [-0.25, -0.2) is 9.36 Å². The SMILES string of the molecule is CCCC/C=C\CCCCCCCC(=O)NC(COP(=O)(O)OCC(O)COC(=O)CCCCCCC/C=C\CCCCCC)C(=O)O. The minimum atomic E-state index is -4.75. The van der Waals surface area contributed by atoms with Crippen LogP contribution in [0, 0.1) is 0 Å². The molecule has 1 amide bonds. The molecule has 0 radical (unpaired) electrons. The van der Waals surface area contributed by atoms with Crippen LogP contribution < -0.4 is 5.32 Å². The van der Waals surface area contributed by atoms with Crippen LogP contribution in [0.1, 0.15) is 155 Å². The first kappa shape index (κ1) is 46.0. The minimum absolute atomic E-state index is 0.135. The van der Waals surface area contributed by atoms with Gasteiger partial charge in [-0.1, -0.05) is 109 Å². The van der Waals surface area contributed by atoms with Crippen LogP contribution in [0.5, 0.6) is 0 Å². The molecule has 0 spiro atoms. The number of carbonyl (C=O) groups excluding carboxylic acids is 2. The number of nitrogens with one attached hydrogen (secondary N) is 1. The van der Waals surface area contributed by atoms with Crippen molar-refractivity contribution in [1.82, 2.24) is 5.32 Å². The number of aliphatic hydroxyl groups excluding tert-OH is 1. The molecule has 0 fully saturated rings. The number of aliphatic carboxylic acids is 1. The van der Waals surface area contributed by atoms with Crippen LogP contribution in [0.25, 0.3) is 0 Å². The second-order valence-corrected chi connectivity index (χ2v) is 13.9. The number of carboxylic acid groups (broad SMARTS) is 1. The molecule has 3 atom stereocenters. The van der Waals surface area contributed by atoms with Crippen LogP contribution in [0.4, 0.5) is 0 Å². The van der Waals surface area contributed by atoms with Gasteiger partial charge in [0.2, 0.25) is 5.91 Å². The van der Waals surface area contributed by atoms with Gasteiger partial charge in [0.1, 0.15) is 12.7 Å². The Kier molecular flexibility index (Phi) is 30.8. The van der Waals surface area contributed by atoms with Gasteiger partial charge in [-0.2, -0.15) is 0 Å². The van der Waals surface area contributed by atoms with E-state index in [2.05, 4.69) is 43.5 Å². The Morgan fingerprint density at radius 3 is 1.65 bits per heavy atom. The summed E-state index contributed by atoms with van der Waals surface area (Å²) in [5.41, 5.74) is 0. The Morgan fingerprint density at radius 1 is 0.646 bits per heavy atom. The highest BCUT2D eigenvalue weighted by molar-refractivity contribution is 7.47. The summed E-state index contributed by atoms with van der Waals surface area (Å²) in [6.45, 7) is 2.48. The fourth-order valence-electron chi connectivity index (χ4n) is 4.76. The molecule has 48 heavy (non-hydrogen) atoms. The van der Waals surface area contributed by atoms with Crippen molar-refractivity contribution >= 4 is 25.7 Å². The highest BCUT2D eigenvalue weighted by Gasteiger charge is 2.28. The number of hydrogen-bond acceptors (Lipinski definition) is 8. The Bertz CT molecular complexity index is 926. The van der Waals surface area contributed by atoms with Crippen molar-refractivity contribution in [3.63, 3.8) is 0 Å². The topological polar surface area (TPSA) is 169 Å². The van der Waals surface area contributed by atoms with Crippen LogP contribution in [-0.4, -0.2) is 64.9 Å². The number of carbonyl (C=O) groups is 3. The number of amides is 1. The lowest BCUT2D eigenvalue weighted by Gasteiger charge is -2.18. The van der Waals surface area contributed by atoms with Crippen molar-refractivity contribution in [2.45, 2.75) is 167 Å². The summed E-state index contributed by atoms with van der Waals surface area (Å²) >= 11 is 0. The van der Waals surface area contributed by atoms with E-state index in [1.54, 1.807) is 0 Å². The number of phosphoric ester groups is 1. The summed E-state index contributed by atoms with van der Waals surface area (Å²) in [6.07, 6.45) is 29.3. The molecule has 0 saturated heterocycles. The van der Waals surface area contributed by atoms with Crippen molar-refractivity contribution < 1.29 is 47.8 Å². The van der Waals surface area contributed by atoms with E-state index >= 15 is 0 Å². The molecule has 0 rings (SSSR count). The number of esters is 1. The quantitative estimate of drug-likeness (QED) is 0.0221. The number of carboxylic acids is 1. The molecule has 11 nitrogen and oxygen atoms in total. The van der Waals surface area contributed by atoms with Crippen molar-refractivity contribution in [3.8, 4) is 0 Å². The normalized spacial score (nSPS) is 14.2. The van der Waals surface area contributed by atoms with E-state index in [1.807, 2.05) is 0 Å². The van der Waals surface area contributed by atoms with Crippen molar-refractivity contribution in [2.24, 2.45) is 0 Å². The Hall–Kier alpha value is -2.04. The third-order valence-electron chi connectivity index (χ3n) is 7.71. The summed E-state index contributed by atoms with van der Waals surface area (Å²) in [5, 5.41) is 21.7. The van der Waals surface area contributed by atoms with Crippen LogP contribution in [-0.2, 0) is 32.7 Å². The first-order valence-electron chi connectivity index (χ1n) is 18.4. The first-order chi connectivity index (χ1) is 23.1. The lowest BCUT2D eigenvalue weighted by molar-refractivity contribution is -0.147. The van der Waals surface area contributed by atoms with E-state index in [9.17, 15) is 34.1 Å². The molecule has 12 heteroatoms. The third-order valence-corrected chi connectivity index (χ3v) is 8.66. The molecule has 0 aromatic rings. The van der Waals surface area contributed by atoms with Crippen LogP contribution >= 0.6 is 7.82 Å². The van der Waals surface area contributed by atoms with Gasteiger partial charge in [-0.05, 0) is 57.8 Å². The minimum Gasteiger partial charge on any atom is -0.480 e.